The van der Waals surface area contributed by atoms with E-state index in [0.717, 1.165) is 18.8 Å². The first-order valence-corrected chi connectivity index (χ1v) is 6.92. The van der Waals surface area contributed by atoms with Crippen LogP contribution in [0.5, 0.6) is 0 Å². The Morgan fingerprint density at radius 3 is 2.50 bits per heavy atom. The fourth-order valence-electron chi connectivity index (χ4n) is 3.60. The Labute approximate surface area is 99.2 Å². The molecule has 2 heteroatoms. The molecule has 0 aromatic rings. The first kappa shape index (κ1) is 11.9. The van der Waals surface area contributed by atoms with E-state index in [0.29, 0.717) is 29.7 Å². The van der Waals surface area contributed by atoms with E-state index in [1.165, 1.54) is 19.3 Å². The van der Waals surface area contributed by atoms with Crippen molar-refractivity contribution in [3.05, 3.63) is 0 Å². The average molecular weight is 223 g/mol. The van der Waals surface area contributed by atoms with Gasteiger partial charge in [0.2, 0.25) is 5.91 Å². The Hall–Kier alpha value is -0.530. The Balaban J connectivity index is 1.88. The summed E-state index contributed by atoms with van der Waals surface area (Å²) in [6, 6.07) is 0.367. The Bertz CT molecular complexity index is 261. The van der Waals surface area contributed by atoms with Crippen LogP contribution in [0.25, 0.3) is 0 Å². The number of nitrogens with one attached hydrogen (secondary N) is 1. The predicted molar refractivity (Wildman–Crippen MR) is 66.0 cm³/mol. The van der Waals surface area contributed by atoms with E-state index in [1.807, 2.05) is 0 Å². The number of hydrogen-bond acceptors (Lipinski definition) is 1. The molecule has 1 N–H and O–H groups in total. The maximum absolute atomic E-state index is 12.2. The number of hydrogen-bond donors (Lipinski definition) is 1. The quantitative estimate of drug-likeness (QED) is 0.780. The summed E-state index contributed by atoms with van der Waals surface area (Å²) < 4.78 is 0. The smallest absolute Gasteiger partial charge is 0.223 e. The number of carbonyl (C=O) groups is 1. The minimum absolute atomic E-state index is 0.339. The molecule has 92 valence electrons. The van der Waals surface area contributed by atoms with Crippen LogP contribution in [0.1, 0.15) is 52.9 Å². The monoisotopic (exact) mass is 223 g/mol. The molecule has 2 rings (SSSR count). The van der Waals surface area contributed by atoms with Crippen LogP contribution in [-0.2, 0) is 4.79 Å². The third-order valence-corrected chi connectivity index (χ3v) is 4.65. The van der Waals surface area contributed by atoms with Gasteiger partial charge in [-0.3, -0.25) is 4.79 Å². The second kappa shape index (κ2) is 4.77. The minimum Gasteiger partial charge on any atom is -0.353 e. The first-order chi connectivity index (χ1) is 7.61. The van der Waals surface area contributed by atoms with Gasteiger partial charge in [0.25, 0.3) is 0 Å². The molecule has 0 spiro atoms. The highest BCUT2D eigenvalue weighted by molar-refractivity contribution is 5.79. The topological polar surface area (TPSA) is 29.1 Å². The number of amides is 1. The maximum atomic E-state index is 12.2. The second-order valence-electron chi connectivity index (χ2n) is 6.05. The molecule has 16 heavy (non-hydrogen) atoms. The Kier molecular flexibility index (Phi) is 3.56. The molecule has 4 atom stereocenters. The van der Waals surface area contributed by atoms with Gasteiger partial charge in [0, 0.05) is 12.0 Å². The van der Waals surface area contributed by atoms with Crippen molar-refractivity contribution in [2.45, 2.75) is 58.9 Å². The third kappa shape index (κ3) is 2.26. The molecule has 1 amide bonds. The van der Waals surface area contributed by atoms with Crippen molar-refractivity contribution in [3.8, 4) is 0 Å². The second-order valence-corrected chi connectivity index (χ2v) is 6.05. The van der Waals surface area contributed by atoms with Crippen molar-refractivity contribution < 1.29 is 4.79 Å². The van der Waals surface area contributed by atoms with Gasteiger partial charge < -0.3 is 5.32 Å². The fourth-order valence-corrected chi connectivity index (χ4v) is 3.60. The van der Waals surface area contributed by atoms with Gasteiger partial charge in [0.1, 0.15) is 0 Å². The van der Waals surface area contributed by atoms with E-state index in [-0.39, 0.29) is 0 Å². The van der Waals surface area contributed by atoms with Crippen LogP contribution in [-0.4, -0.2) is 11.9 Å². The average Bonchev–Trinajstić information content (AvgIpc) is 2.86. The normalized spacial score (nSPS) is 34.4. The number of fused-ring (bicyclic) bond motifs is 2. The maximum Gasteiger partial charge on any atom is 0.223 e. The third-order valence-electron chi connectivity index (χ3n) is 4.65. The lowest BCUT2D eigenvalue weighted by Gasteiger charge is -2.26. The van der Waals surface area contributed by atoms with Crippen molar-refractivity contribution in [3.63, 3.8) is 0 Å². The van der Waals surface area contributed by atoms with Gasteiger partial charge in [0.15, 0.2) is 0 Å². The molecule has 0 saturated heterocycles. The molecule has 0 unspecified atom stereocenters. The molecule has 2 saturated carbocycles. The lowest BCUT2D eigenvalue weighted by Crippen LogP contribution is -2.42. The fraction of sp³-hybridized carbons (Fsp3) is 0.929. The summed E-state index contributed by atoms with van der Waals surface area (Å²) in [5.74, 6) is 2.79. The summed E-state index contributed by atoms with van der Waals surface area (Å²) >= 11 is 0. The van der Waals surface area contributed by atoms with Crippen LogP contribution >= 0.6 is 0 Å². The van der Waals surface area contributed by atoms with Crippen LogP contribution in [0, 0.1) is 23.7 Å². The molecule has 0 heterocycles. The molecule has 2 bridgehead atoms. The summed E-state index contributed by atoms with van der Waals surface area (Å²) in [4.78, 5) is 12.2. The lowest BCUT2D eigenvalue weighted by atomic mass is 9.87. The SMILES string of the molecule is CC[C@H](NC(=O)[C@H]1C[C@H]2CC[C@@H]1C2)C(C)C. The van der Waals surface area contributed by atoms with Gasteiger partial charge in [-0.05, 0) is 43.4 Å². The molecule has 0 aliphatic heterocycles. The van der Waals surface area contributed by atoms with Crippen molar-refractivity contribution in [1.82, 2.24) is 5.32 Å². The Morgan fingerprint density at radius 1 is 1.31 bits per heavy atom. The highest BCUT2D eigenvalue weighted by atomic mass is 16.2. The molecular weight excluding hydrogens is 198 g/mol. The van der Waals surface area contributed by atoms with E-state index in [2.05, 4.69) is 26.1 Å². The lowest BCUT2D eigenvalue weighted by molar-refractivity contribution is -0.127. The van der Waals surface area contributed by atoms with Crippen LogP contribution in [0.4, 0.5) is 0 Å². The molecule has 0 aromatic heterocycles. The number of rotatable bonds is 4. The van der Waals surface area contributed by atoms with E-state index in [1.54, 1.807) is 0 Å². The van der Waals surface area contributed by atoms with Crippen LogP contribution in [0.15, 0.2) is 0 Å². The van der Waals surface area contributed by atoms with Crippen LogP contribution in [0.3, 0.4) is 0 Å². The largest absolute Gasteiger partial charge is 0.353 e. The summed E-state index contributed by atoms with van der Waals surface area (Å²) in [7, 11) is 0. The van der Waals surface area contributed by atoms with E-state index < -0.39 is 0 Å². The van der Waals surface area contributed by atoms with E-state index in [4.69, 9.17) is 0 Å². The van der Waals surface area contributed by atoms with Gasteiger partial charge in [-0.2, -0.15) is 0 Å². The van der Waals surface area contributed by atoms with Crippen molar-refractivity contribution >= 4 is 5.91 Å². The molecule has 2 aliphatic rings. The van der Waals surface area contributed by atoms with Gasteiger partial charge >= 0.3 is 0 Å². The predicted octanol–water partition coefficient (Wildman–Crippen LogP) is 2.97. The van der Waals surface area contributed by atoms with Gasteiger partial charge in [-0.15, -0.1) is 0 Å². The molecule has 2 aliphatic carbocycles. The standard InChI is InChI=1S/C14H25NO/c1-4-13(9(2)3)15-14(16)12-8-10-5-6-11(12)7-10/h9-13H,4-8H2,1-3H3,(H,15,16)/t10-,11+,12-,13-/m0/s1. The van der Waals surface area contributed by atoms with Gasteiger partial charge in [-0.25, -0.2) is 0 Å². The zero-order valence-corrected chi connectivity index (χ0v) is 10.8. The molecular formula is C14H25NO. The first-order valence-electron chi connectivity index (χ1n) is 6.92. The van der Waals surface area contributed by atoms with E-state index in [9.17, 15) is 4.79 Å². The molecule has 0 aromatic carbocycles. The van der Waals surface area contributed by atoms with Crippen molar-refractivity contribution in [2.24, 2.45) is 23.7 Å². The molecule has 0 radical (unpaired) electrons. The summed E-state index contributed by atoms with van der Waals surface area (Å²) in [6.45, 7) is 6.54. The number of carbonyl (C=O) groups excluding carboxylic acids is 1. The van der Waals surface area contributed by atoms with Gasteiger partial charge in [-0.1, -0.05) is 27.2 Å². The van der Waals surface area contributed by atoms with Gasteiger partial charge in [0.05, 0.1) is 0 Å². The summed E-state index contributed by atoms with van der Waals surface area (Å²) in [6.07, 6.45) is 6.18. The van der Waals surface area contributed by atoms with Crippen molar-refractivity contribution in [2.75, 3.05) is 0 Å². The molecule has 2 nitrogen and oxygen atoms in total. The zero-order chi connectivity index (χ0) is 11.7. The van der Waals surface area contributed by atoms with Crippen molar-refractivity contribution in [1.29, 1.82) is 0 Å². The highest BCUT2D eigenvalue weighted by Gasteiger charge is 2.43. The highest BCUT2D eigenvalue weighted by Crippen LogP contribution is 2.48. The summed E-state index contributed by atoms with van der Waals surface area (Å²) in [5, 5.41) is 3.25. The Morgan fingerprint density at radius 2 is 2.06 bits per heavy atom. The minimum atomic E-state index is 0.339. The zero-order valence-electron chi connectivity index (χ0n) is 10.8. The summed E-state index contributed by atoms with van der Waals surface area (Å²) in [5.41, 5.74) is 0. The van der Waals surface area contributed by atoms with Crippen LogP contribution in [0.2, 0.25) is 0 Å². The molecule has 2 fully saturated rings. The van der Waals surface area contributed by atoms with Crippen LogP contribution < -0.4 is 5.32 Å². The van der Waals surface area contributed by atoms with E-state index >= 15 is 0 Å².